The van der Waals surface area contributed by atoms with Crippen LogP contribution in [0.25, 0.3) is 10.6 Å². The minimum absolute atomic E-state index is 0.477. The van der Waals surface area contributed by atoms with Gasteiger partial charge < -0.3 is 10.6 Å². The number of hydrogen-bond acceptors (Lipinski definition) is 6. The van der Waals surface area contributed by atoms with E-state index in [-0.39, 0.29) is 0 Å². The average molecular weight is 296 g/mol. The van der Waals surface area contributed by atoms with E-state index >= 15 is 0 Å². The number of aryl methyl sites for hydroxylation is 1. The summed E-state index contributed by atoms with van der Waals surface area (Å²) in [6, 6.07) is 0.477. The van der Waals surface area contributed by atoms with Crippen molar-refractivity contribution in [2.24, 2.45) is 0 Å². The van der Waals surface area contributed by atoms with Gasteiger partial charge >= 0.3 is 0 Å². The zero-order chi connectivity index (χ0) is 14.0. The predicted molar refractivity (Wildman–Crippen MR) is 85.1 cm³/mol. The molecule has 1 unspecified atom stereocenters. The summed E-state index contributed by atoms with van der Waals surface area (Å²) in [5.74, 6) is 0.588. The first-order valence-corrected chi connectivity index (χ1v) is 8.10. The molecule has 0 radical (unpaired) electrons. The van der Waals surface area contributed by atoms with Crippen molar-refractivity contribution in [1.29, 1.82) is 0 Å². The van der Waals surface area contributed by atoms with Crippen molar-refractivity contribution >= 4 is 33.7 Å². The van der Waals surface area contributed by atoms with Crippen LogP contribution in [0.15, 0.2) is 5.38 Å². The van der Waals surface area contributed by atoms with Gasteiger partial charge in [0.2, 0.25) is 0 Å². The van der Waals surface area contributed by atoms with Crippen molar-refractivity contribution in [2.45, 2.75) is 39.7 Å². The van der Waals surface area contributed by atoms with Gasteiger partial charge in [0.15, 0.2) is 0 Å². The highest BCUT2D eigenvalue weighted by molar-refractivity contribution is 7.15. The van der Waals surface area contributed by atoms with Gasteiger partial charge in [0.25, 0.3) is 0 Å². The van der Waals surface area contributed by atoms with Crippen molar-refractivity contribution < 1.29 is 0 Å². The summed E-state index contributed by atoms with van der Waals surface area (Å²) < 4.78 is 4.31. The van der Waals surface area contributed by atoms with Gasteiger partial charge in [0.1, 0.15) is 15.8 Å². The van der Waals surface area contributed by atoms with Gasteiger partial charge in [-0.15, -0.1) is 11.3 Å². The molecule has 0 bridgehead atoms. The van der Waals surface area contributed by atoms with Crippen LogP contribution in [0, 0.1) is 6.92 Å². The molecule has 19 heavy (non-hydrogen) atoms. The molecule has 0 spiro atoms. The van der Waals surface area contributed by atoms with Gasteiger partial charge in [0, 0.05) is 24.2 Å². The lowest BCUT2D eigenvalue weighted by Gasteiger charge is -2.25. The molecule has 0 aliphatic carbocycles. The standard InChI is InChI=1S/C13H20N4S2/c1-5-6-9(3)17(4)13-10(11(14)16-19-13)12-15-8(2)7-18-12/h7,9H,5-6H2,1-4H3,(H2,14,16). The Morgan fingerprint density at radius 2 is 2.21 bits per heavy atom. The fraction of sp³-hybridized carbons (Fsp3) is 0.538. The Labute approximate surface area is 122 Å². The lowest BCUT2D eigenvalue weighted by atomic mass is 10.1. The highest BCUT2D eigenvalue weighted by atomic mass is 32.1. The Hall–Kier alpha value is -1.14. The van der Waals surface area contributed by atoms with Crippen LogP contribution in [0.5, 0.6) is 0 Å². The summed E-state index contributed by atoms with van der Waals surface area (Å²) in [5.41, 5.74) is 8.06. The molecule has 1 atom stereocenters. The summed E-state index contributed by atoms with van der Waals surface area (Å²) in [7, 11) is 2.11. The zero-order valence-corrected chi connectivity index (χ0v) is 13.4. The second kappa shape index (κ2) is 5.88. The third kappa shape index (κ3) is 2.90. The molecule has 6 heteroatoms. The van der Waals surface area contributed by atoms with Crippen LogP contribution in [0.2, 0.25) is 0 Å². The van der Waals surface area contributed by atoms with Crippen molar-refractivity contribution in [3.05, 3.63) is 11.1 Å². The number of rotatable bonds is 5. The first kappa shape index (κ1) is 14.3. The van der Waals surface area contributed by atoms with E-state index in [0.29, 0.717) is 11.9 Å². The number of anilines is 2. The van der Waals surface area contributed by atoms with E-state index in [2.05, 4.69) is 35.2 Å². The van der Waals surface area contributed by atoms with Gasteiger partial charge in [-0.05, 0) is 31.8 Å². The van der Waals surface area contributed by atoms with E-state index in [1.54, 1.807) is 11.3 Å². The molecule has 0 saturated carbocycles. The molecule has 2 heterocycles. The van der Waals surface area contributed by atoms with Crippen LogP contribution in [0.1, 0.15) is 32.4 Å². The molecule has 0 fully saturated rings. The Balaban J connectivity index is 2.37. The van der Waals surface area contributed by atoms with Crippen LogP contribution in [0.3, 0.4) is 0 Å². The molecule has 0 saturated heterocycles. The maximum absolute atomic E-state index is 6.03. The largest absolute Gasteiger partial charge is 0.382 e. The summed E-state index contributed by atoms with van der Waals surface area (Å²) in [4.78, 5) is 6.81. The number of nitrogens with two attached hydrogens (primary N) is 1. The Kier molecular flexibility index (Phi) is 4.42. The summed E-state index contributed by atoms with van der Waals surface area (Å²) in [6.07, 6.45) is 2.33. The molecular formula is C13H20N4S2. The maximum atomic E-state index is 6.03. The number of thiazole rings is 1. The van der Waals surface area contributed by atoms with Crippen LogP contribution in [0.4, 0.5) is 10.8 Å². The minimum atomic E-state index is 0.477. The smallest absolute Gasteiger partial charge is 0.149 e. The van der Waals surface area contributed by atoms with Crippen molar-refractivity contribution in [3.8, 4) is 10.6 Å². The normalized spacial score (nSPS) is 12.6. The fourth-order valence-corrected chi connectivity index (χ4v) is 3.81. The molecule has 0 amide bonds. The maximum Gasteiger partial charge on any atom is 0.149 e. The summed E-state index contributed by atoms with van der Waals surface area (Å²) in [5, 5.41) is 4.13. The third-order valence-corrected chi connectivity index (χ3v) is 5.15. The molecule has 104 valence electrons. The van der Waals surface area contributed by atoms with Crippen molar-refractivity contribution in [2.75, 3.05) is 17.7 Å². The van der Waals surface area contributed by atoms with Crippen molar-refractivity contribution in [1.82, 2.24) is 9.36 Å². The molecule has 2 aromatic heterocycles. The second-order valence-corrected chi connectivity index (χ2v) is 6.40. The van der Waals surface area contributed by atoms with Gasteiger partial charge in [-0.1, -0.05) is 13.3 Å². The molecular weight excluding hydrogens is 276 g/mol. The van der Waals surface area contributed by atoms with E-state index in [0.717, 1.165) is 27.7 Å². The SMILES string of the molecule is CCCC(C)N(C)c1snc(N)c1-c1nc(C)cs1. The minimum Gasteiger partial charge on any atom is -0.382 e. The molecule has 0 aromatic carbocycles. The number of nitrogens with zero attached hydrogens (tertiary/aromatic N) is 3. The fourth-order valence-electron chi connectivity index (χ4n) is 2.02. The number of nitrogen functional groups attached to an aromatic ring is 1. The van der Waals surface area contributed by atoms with E-state index < -0.39 is 0 Å². The van der Waals surface area contributed by atoms with E-state index in [9.17, 15) is 0 Å². The summed E-state index contributed by atoms with van der Waals surface area (Å²) in [6.45, 7) is 6.44. The highest BCUT2D eigenvalue weighted by Crippen LogP contribution is 2.41. The lowest BCUT2D eigenvalue weighted by molar-refractivity contribution is 0.619. The van der Waals surface area contributed by atoms with Gasteiger partial charge in [-0.25, -0.2) is 4.98 Å². The molecule has 0 aliphatic rings. The van der Waals surface area contributed by atoms with Crippen LogP contribution in [-0.4, -0.2) is 22.4 Å². The molecule has 2 rings (SSSR count). The van der Waals surface area contributed by atoms with Crippen LogP contribution >= 0.6 is 22.9 Å². The molecule has 4 nitrogen and oxygen atoms in total. The van der Waals surface area contributed by atoms with Crippen LogP contribution in [-0.2, 0) is 0 Å². The monoisotopic (exact) mass is 296 g/mol. The summed E-state index contributed by atoms with van der Waals surface area (Å²) >= 11 is 3.09. The topological polar surface area (TPSA) is 55.0 Å². The highest BCUT2D eigenvalue weighted by Gasteiger charge is 2.21. The van der Waals surface area contributed by atoms with Gasteiger partial charge in [-0.2, -0.15) is 4.37 Å². The van der Waals surface area contributed by atoms with Gasteiger partial charge in [0.05, 0.1) is 5.56 Å². The Morgan fingerprint density at radius 1 is 1.47 bits per heavy atom. The van der Waals surface area contributed by atoms with E-state index in [1.165, 1.54) is 18.0 Å². The first-order chi connectivity index (χ1) is 9.04. The zero-order valence-electron chi connectivity index (χ0n) is 11.8. The molecule has 0 aliphatic heterocycles. The van der Waals surface area contributed by atoms with E-state index in [4.69, 9.17) is 5.73 Å². The predicted octanol–water partition coefficient (Wildman–Crippen LogP) is 3.78. The molecule has 2 aromatic rings. The first-order valence-electron chi connectivity index (χ1n) is 6.45. The molecule has 2 N–H and O–H groups in total. The number of hydrogen-bond donors (Lipinski definition) is 1. The van der Waals surface area contributed by atoms with E-state index in [1.807, 2.05) is 12.3 Å². The van der Waals surface area contributed by atoms with Crippen molar-refractivity contribution in [3.63, 3.8) is 0 Å². The Bertz CT molecular complexity index is 547. The lowest BCUT2D eigenvalue weighted by Crippen LogP contribution is -2.28. The number of aromatic nitrogens is 2. The second-order valence-electron chi connectivity index (χ2n) is 4.79. The quantitative estimate of drug-likeness (QED) is 0.912. The van der Waals surface area contributed by atoms with Crippen LogP contribution < -0.4 is 10.6 Å². The van der Waals surface area contributed by atoms with Gasteiger partial charge in [-0.3, -0.25) is 0 Å². The Morgan fingerprint density at radius 3 is 2.79 bits per heavy atom. The average Bonchev–Trinajstić information content (AvgIpc) is 2.94. The third-order valence-electron chi connectivity index (χ3n) is 3.22.